The molecule has 98 valence electrons. The Hall–Kier alpha value is -1.72. The van der Waals surface area contributed by atoms with Crippen LogP contribution in [0.15, 0.2) is 24.3 Å². The van der Waals surface area contributed by atoms with Crippen LogP contribution in [0, 0.1) is 0 Å². The molecule has 0 radical (unpaired) electrons. The lowest BCUT2D eigenvalue weighted by molar-refractivity contribution is -0.137. The first-order valence-electron chi connectivity index (χ1n) is 5.66. The minimum absolute atomic E-state index is 0.0474. The van der Waals surface area contributed by atoms with E-state index < -0.39 is 11.7 Å². The van der Waals surface area contributed by atoms with Crippen molar-refractivity contribution in [1.82, 2.24) is 5.32 Å². The highest BCUT2D eigenvalue weighted by Crippen LogP contribution is 2.34. The molecule has 0 bridgehead atoms. The van der Waals surface area contributed by atoms with Crippen molar-refractivity contribution in [3.63, 3.8) is 0 Å². The summed E-state index contributed by atoms with van der Waals surface area (Å²) in [5, 5.41) is 5.45. The molecule has 1 saturated heterocycles. The molecule has 2 rings (SSSR count). The molecule has 0 aliphatic carbocycles. The number of nitrogens with one attached hydrogen (secondary N) is 2. The second-order valence-corrected chi connectivity index (χ2v) is 4.23. The zero-order valence-electron chi connectivity index (χ0n) is 9.55. The molecule has 1 amide bonds. The SMILES string of the molecule is O=C1CCC(CNc2ccccc2C(F)(F)F)N1. The van der Waals surface area contributed by atoms with Gasteiger partial charge in [0.15, 0.2) is 0 Å². The van der Waals surface area contributed by atoms with Gasteiger partial charge in [-0.3, -0.25) is 4.79 Å². The Bertz CT molecular complexity index is 445. The van der Waals surface area contributed by atoms with Gasteiger partial charge in [-0.15, -0.1) is 0 Å². The van der Waals surface area contributed by atoms with Crippen LogP contribution in [-0.4, -0.2) is 18.5 Å². The second-order valence-electron chi connectivity index (χ2n) is 4.23. The molecule has 1 aliphatic rings. The van der Waals surface area contributed by atoms with Crippen LogP contribution in [0.5, 0.6) is 0 Å². The smallest absolute Gasteiger partial charge is 0.382 e. The summed E-state index contributed by atoms with van der Waals surface area (Å²) >= 11 is 0. The molecule has 1 aromatic rings. The van der Waals surface area contributed by atoms with Crippen molar-refractivity contribution in [2.45, 2.75) is 25.1 Å². The van der Waals surface area contributed by atoms with E-state index in [1.165, 1.54) is 12.1 Å². The third-order valence-corrected chi connectivity index (χ3v) is 2.86. The Morgan fingerprint density at radius 1 is 1.33 bits per heavy atom. The van der Waals surface area contributed by atoms with Crippen LogP contribution in [0.1, 0.15) is 18.4 Å². The molecule has 1 unspecified atom stereocenters. The summed E-state index contributed by atoms with van der Waals surface area (Å²) in [7, 11) is 0. The van der Waals surface area contributed by atoms with Crippen molar-refractivity contribution in [2.24, 2.45) is 0 Å². The van der Waals surface area contributed by atoms with Crippen LogP contribution >= 0.6 is 0 Å². The largest absolute Gasteiger partial charge is 0.418 e. The predicted molar refractivity (Wildman–Crippen MR) is 61.1 cm³/mol. The average Bonchev–Trinajstić information content (AvgIpc) is 2.72. The van der Waals surface area contributed by atoms with Gasteiger partial charge in [0.25, 0.3) is 0 Å². The van der Waals surface area contributed by atoms with Gasteiger partial charge in [0.05, 0.1) is 5.56 Å². The third kappa shape index (κ3) is 2.94. The zero-order chi connectivity index (χ0) is 13.2. The number of carbonyl (C=O) groups excluding carboxylic acids is 1. The molecule has 1 aromatic carbocycles. The van der Waals surface area contributed by atoms with Crippen LogP contribution < -0.4 is 10.6 Å². The van der Waals surface area contributed by atoms with E-state index in [-0.39, 0.29) is 17.6 Å². The summed E-state index contributed by atoms with van der Waals surface area (Å²) in [5.41, 5.74) is -0.638. The van der Waals surface area contributed by atoms with Crippen LogP contribution in [0.4, 0.5) is 18.9 Å². The van der Waals surface area contributed by atoms with Gasteiger partial charge >= 0.3 is 6.18 Å². The van der Waals surface area contributed by atoms with Crippen LogP contribution in [0.2, 0.25) is 0 Å². The van der Waals surface area contributed by atoms with Gasteiger partial charge in [-0.05, 0) is 18.6 Å². The number of halogens is 3. The van der Waals surface area contributed by atoms with E-state index >= 15 is 0 Å². The van der Waals surface area contributed by atoms with Crippen molar-refractivity contribution in [3.05, 3.63) is 29.8 Å². The molecule has 0 aromatic heterocycles. The zero-order valence-corrected chi connectivity index (χ0v) is 9.55. The first kappa shape index (κ1) is 12.7. The van der Waals surface area contributed by atoms with Gasteiger partial charge < -0.3 is 10.6 Å². The molecular formula is C12H13F3N2O. The monoisotopic (exact) mass is 258 g/mol. The van der Waals surface area contributed by atoms with Crippen LogP contribution in [0.25, 0.3) is 0 Å². The number of benzene rings is 1. The number of hydrogen-bond donors (Lipinski definition) is 2. The molecule has 2 N–H and O–H groups in total. The molecule has 1 fully saturated rings. The summed E-state index contributed by atoms with van der Waals surface area (Å²) in [5.74, 6) is -0.0501. The molecule has 0 saturated carbocycles. The minimum atomic E-state index is -4.37. The van der Waals surface area contributed by atoms with Gasteiger partial charge in [-0.1, -0.05) is 12.1 Å². The quantitative estimate of drug-likeness (QED) is 0.874. The number of alkyl halides is 3. The van der Waals surface area contributed by atoms with Crippen LogP contribution in [0.3, 0.4) is 0 Å². The number of hydrogen-bond acceptors (Lipinski definition) is 2. The summed E-state index contributed by atoms with van der Waals surface area (Å²) in [6, 6.07) is 5.23. The van der Waals surface area contributed by atoms with Crippen molar-refractivity contribution in [2.75, 3.05) is 11.9 Å². The Balaban J connectivity index is 2.03. The Kier molecular flexibility index (Phi) is 3.45. The highest BCUT2D eigenvalue weighted by molar-refractivity contribution is 5.78. The molecule has 0 spiro atoms. The van der Waals surface area contributed by atoms with Crippen molar-refractivity contribution >= 4 is 11.6 Å². The van der Waals surface area contributed by atoms with Crippen LogP contribution in [-0.2, 0) is 11.0 Å². The summed E-state index contributed by atoms with van der Waals surface area (Å²) in [6.07, 6.45) is -3.28. The molecule has 3 nitrogen and oxygen atoms in total. The predicted octanol–water partition coefficient (Wildman–Crippen LogP) is 2.40. The highest BCUT2D eigenvalue weighted by atomic mass is 19.4. The van der Waals surface area contributed by atoms with Crippen molar-refractivity contribution in [3.8, 4) is 0 Å². The maximum Gasteiger partial charge on any atom is 0.418 e. The van der Waals surface area contributed by atoms with E-state index in [0.717, 1.165) is 6.07 Å². The standard InChI is InChI=1S/C12H13F3N2O/c13-12(14,15)9-3-1-2-4-10(9)16-7-8-5-6-11(18)17-8/h1-4,8,16H,5-7H2,(H,17,18). The molecule has 1 heterocycles. The average molecular weight is 258 g/mol. The molecule has 1 aliphatic heterocycles. The van der Waals surface area contributed by atoms with E-state index in [1.54, 1.807) is 6.07 Å². The van der Waals surface area contributed by atoms with Crippen molar-refractivity contribution < 1.29 is 18.0 Å². The summed E-state index contributed by atoms with van der Waals surface area (Å²) in [4.78, 5) is 11.0. The van der Waals surface area contributed by atoms with E-state index in [9.17, 15) is 18.0 Å². The Labute approximate surface area is 102 Å². The van der Waals surface area contributed by atoms with Gasteiger partial charge in [0, 0.05) is 24.7 Å². The maximum atomic E-state index is 12.7. The first-order chi connectivity index (χ1) is 8.47. The fourth-order valence-corrected chi connectivity index (χ4v) is 1.95. The van der Waals surface area contributed by atoms with Gasteiger partial charge in [0.1, 0.15) is 0 Å². The number of carbonyl (C=O) groups is 1. The summed E-state index contributed by atoms with van der Waals surface area (Å²) < 4.78 is 38.1. The molecular weight excluding hydrogens is 245 g/mol. The molecule has 18 heavy (non-hydrogen) atoms. The highest BCUT2D eigenvalue weighted by Gasteiger charge is 2.33. The maximum absolute atomic E-state index is 12.7. The fourth-order valence-electron chi connectivity index (χ4n) is 1.95. The van der Waals surface area contributed by atoms with Crippen molar-refractivity contribution in [1.29, 1.82) is 0 Å². The van der Waals surface area contributed by atoms with E-state index in [2.05, 4.69) is 10.6 Å². The first-order valence-corrected chi connectivity index (χ1v) is 5.66. The third-order valence-electron chi connectivity index (χ3n) is 2.86. The number of amides is 1. The lowest BCUT2D eigenvalue weighted by atomic mass is 10.1. The number of anilines is 1. The normalized spacial score (nSPS) is 19.7. The Morgan fingerprint density at radius 2 is 2.06 bits per heavy atom. The topological polar surface area (TPSA) is 41.1 Å². The lowest BCUT2D eigenvalue weighted by Gasteiger charge is -2.16. The van der Waals surface area contributed by atoms with E-state index in [0.29, 0.717) is 19.4 Å². The van der Waals surface area contributed by atoms with Gasteiger partial charge in [0.2, 0.25) is 5.91 Å². The van der Waals surface area contributed by atoms with Gasteiger partial charge in [-0.25, -0.2) is 0 Å². The Morgan fingerprint density at radius 3 is 2.67 bits per heavy atom. The summed E-state index contributed by atoms with van der Waals surface area (Å²) in [6.45, 7) is 0.304. The molecule has 6 heteroatoms. The fraction of sp³-hybridized carbons (Fsp3) is 0.417. The minimum Gasteiger partial charge on any atom is -0.382 e. The number of para-hydroxylation sites is 1. The number of rotatable bonds is 3. The van der Waals surface area contributed by atoms with Gasteiger partial charge in [-0.2, -0.15) is 13.2 Å². The molecule has 1 atom stereocenters. The van der Waals surface area contributed by atoms with E-state index in [1.807, 2.05) is 0 Å². The lowest BCUT2D eigenvalue weighted by Crippen LogP contribution is -2.32. The van der Waals surface area contributed by atoms with E-state index in [4.69, 9.17) is 0 Å². The second kappa shape index (κ2) is 4.88.